The van der Waals surface area contributed by atoms with E-state index in [0.29, 0.717) is 0 Å². The summed E-state index contributed by atoms with van der Waals surface area (Å²) in [5, 5.41) is 2.07. The number of rotatable bonds is 2. The van der Waals surface area contributed by atoms with Crippen molar-refractivity contribution in [3.8, 4) is 0 Å². The summed E-state index contributed by atoms with van der Waals surface area (Å²) in [6.45, 7) is 0. The molecular weight excluding hydrogens is 327 g/mol. The van der Waals surface area contributed by atoms with Crippen molar-refractivity contribution in [1.82, 2.24) is 0 Å². The summed E-state index contributed by atoms with van der Waals surface area (Å²) in [7, 11) is 0. The molecule has 0 atom stereocenters. The fourth-order valence-corrected chi connectivity index (χ4v) is 2.19. The Hall–Kier alpha value is -1.30. The van der Waals surface area contributed by atoms with Gasteiger partial charge in [-0.1, -0.05) is 23.2 Å². The SMILES string of the molecule is O=C(Nc1cc(Cl)c(F)c(Cl)c1)c1ccc(F)c(S)c1. The van der Waals surface area contributed by atoms with E-state index < -0.39 is 17.5 Å². The highest BCUT2D eigenvalue weighted by atomic mass is 35.5. The molecule has 0 fully saturated rings. The molecule has 2 rings (SSSR count). The predicted molar refractivity (Wildman–Crippen MR) is 78.0 cm³/mol. The second kappa shape index (κ2) is 5.99. The average Bonchev–Trinajstić information content (AvgIpc) is 2.39. The Labute approximate surface area is 129 Å². The van der Waals surface area contributed by atoms with Crippen molar-refractivity contribution >= 4 is 47.4 Å². The standard InChI is InChI=1S/C13H7Cl2F2NOS/c14-8-4-7(5-9(15)12(8)17)18-13(19)6-1-2-10(16)11(20)3-6/h1-5,20H,(H,18,19). The molecule has 104 valence electrons. The van der Waals surface area contributed by atoms with Gasteiger partial charge in [0.2, 0.25) is 0 Å². The van der Waals surface area contributed by atoms with Gasteiger partial charge >= 0.3 is 0 Å². The summed E-state index contributed by atoms with van der Waals surface area (Å²) in [5.41, 5.74) is 0.435. The Morgan fingerprint density at radius 1 is 1.10 bits per heavy atom. The van der Waals surface area contributed by atoms with Gasteiger partial charge in [0.25, 0.3) is 5.91 Å². The molecule has 2 nitrogen and oxygen atoms in total. The van der Waals surface area contributed by atoms with Crippen molar-refractivity contribution < 1.29 is 13.6 Å². The largest absolute Gasteiger partial charge is 0.322 e. The van der Waals surface area contributed by atoms with Crippen LogP contribution in [0.2, 0.25) is 10.0 Å². The minimum absolute atomic E-state index is 0.0489. The zero-order valence-corrected chi connectivity index (χ0v) is 12.2. The van der Waals surface area contributed by atoms with Gasteiger partial charge in [0.1, 0.15) is 5.82 Å². The van der Waals surface area contributed by atoms with Crippen molar-refractivity contribution in [2.24, 2.45) is 0 Å². The second-order valence-corrected chi connectivity index (χ2v) is 5.17. The molecule has 0 aliphatic carbocycles. The first-order valence-electron chi connectivity index (χ1n) is 5.33. The molecule has 0 heterocycles. The summed E-state index contributed by atoms with van der Waals surface area (Å²) >= 11 is 15.1. The molecule has 0 aromatic heterocycles. The molecule has 7 heteroatoms. The lowest BCUT2D eigenvalue weighted by molar-refractivity contribution is 0.102. The molecule has 0 aliphatic heterocycles. The average molecular weight is 334 g/mol. The van der Waals surface area contributed by atoms with E-state index in [1.54, 1.807) is 0 Å². The highest BCUT2D eigenvalue weighted by molar-refractivity contribution is 7.80. The molecule has 1 amide bonds. The number of halogens is 4. The molecule has 0 saturated carbocycles. The molecule has 2 aromatic carbocycles. The van der Waals surface area contributed by atoms with Gasteiger partial charge in [-0.05, 0) is 30.3 Å². The zero-order chi connectivity index (χ0) is 14.9. The number of thiol groups is 1. The number of anilines is 1. The van der Waals surface area contributed by atoms with Crippen LogP contribution >= 0.6 is 35.8 Å². The van der Waals surface area contributed by atoms with Crippen LogP contribution in [0.3, 0.4) is 0 Å². The maximum Gasteiger partial charge on any atom is 0.255 e. The van der Waals surface area contributed by atoms with E-state index in [2.05, 4.69) is 17.9 Å². The van der Waals surface area contributed by atoms with Crippen molar-refractivity contribution in [2.45, 2.75) is 4.90 Å². The van der Waals surface area contributed by atoms with Gasteiger partial charge in [-0.2, -0.15) is 0 Å². The smallest absolute Gasteiger partial charge is 0.255 e. The fraction of sp³-hybridized carbons (Fsp3) is 0. The van der Waals surface area contributed by atoms with Gasteiger partial charge in [-0.25, -0.2) is 8.78 Å². The summed E-state index contributed by atoms with van der Waals surface area (Å²) in [4.78, 5) is 12.0. The third-order valence-electron chi connectivity index (χ3n) is 2.45. The lowest BCUT2D eigenvalue weighted by atomic mass is 10.2. The van der Waals surface area contributed by atoms with Crippen LogP contribution in [0, 0.1) is 11.6 Å². The Balaban J connectivity index is 2.25. The minimum atomic E-state index is -0.759. The van der Waals surface area contributed by atoms with Crippen LogP contribution in [-0.4, -0.2) is 5.91 Å². The monoisotopic (exact) mass is 333 g/mol. The number of carbonyl (C=O) groups excluding carboxylic acids is 1. The molecule has 0 saturated heterocycles. The van der Waals surface area contributed by atoms with Crippen molar-refractivity contribution in [3.63, 3.8) is 0 Å². The Morgan fingerprint density at radius 2 is 1.70 bits per heavy atom. The summed E-state index contributed by atoms with van der Waals surface area (Å²) in [6.07, 6.45) is 0. The number of amides is 1. The van der Waals surface area contributed by atoms with Gasteiger partial charge < -0.3 is 5.32 Å². The maximum absolute atomic E-state index is 13.2. The first-order chi connectivity index (χ1) is 9.38. The fourth-order valence-electron chi connectivity index (χ4n) is 1.48. The molecule has 2 aromatic rings. The van der Waals surface area contributed by atoms with E-state index in [0.717, 1.165) is 6.07 Å². The zero-order valence-electron chi connectivity index (χ0n) is 9.75. The molecule has 0 unspecified atom stereocenters. The van der Waals surface area contributed by atoms with Crippen LogP contribution in [0.25, 0.3) is 0 Å². The van der Waals surface area contributed by atoms with Gasteiger partial charge in [0.05, 0.1) is 10.0 Å². The second-order valence-electron chi connectivity index (χ2n) is 3.87. The van der Waals surface area contributed by atoms with Crippen LogP contribution in [0.15, 0.2) is 35.2 Å². The third kappa shape index (κ3) is 3.23. The van der Waals surface area contributed by atoms with Gasteiger partial charge in [-0.3, -0.25) is 4.79 Å². The van der Waals surface area contributed by atoms with E-state index in [-0.39, 0.29) is 26.2 Å². The van der Waals surface area contributed by atoms with E-state index >= 15 is 0 Å². The highest BCUT2D eigenvalue weighted by Crippen LogP contribution is 2.27. The topological polar surface area (TPSA) is 29.1 Å². The van der Waals surface area contributed by atoms with Crippen LogP contribution in [0.1, 0.15) is 10.4 Å². The van der Waals surface area contributed by atoms with Gasteiger partial charge in [0, 0.05) is 16.1 Å². The number of nitrogens with one attached hydrogen (secondary N) is 1. The van der Waals surface area contributed by atoms with Crippen LogP contribution in [-0.2, 0) is 0 Å². The van der Waals surface area contributed by atoms with Crippen LogP contribution in [0.4, 0.5) is 14.5 Å². The normalized spacial score (nSPS) is 10.4. The lowest BCUT2D eigenvalue weighted by Crippen LogP contribution is -2.12. The van der Waals surface area contributed by atoms with Crippen LogP contribution < -0.4 is 5.32 Å². The quantitative estimate of drug-likeness (QED) is 0.599. The lowest BCUT2D eigenvalue weighted by Gasteiger charge is -2.08. The first-order valence-corrected chi connectivity index (χ1v) is 6.53. The van der Waals surface area contributed by atoms with E-state index in [9.17, 15) is 13.6 Å². The molecular formula is C13H7Cl2F2NOS. The number of hydrogen-bond acceptors (Lipinski definition) is 2. The number of hydrogen-bond donors (Lipinski definition) is 2. The number of benzene rings is 2. The summed E-state index contributed by atoms with van der Waals surface area (Å²) in [5.74, 6) is -1.80. The maximum atomic E-state index is 13.2. The highest BCUT2D eigenvalue weighted by Gasteiger charge is 2.12. The third-order valence-corrected chi connectivity index (χ3v) is 3.34. The van der Waals surface area contributed by atoms with Crippen LogP contribution in [0.5, 0.6) is 0 Å². The van der Waals surface area contributed by atoms with Crippen molar-refractivity contribution in [3.05, 3.63) is 57.6 Å². The van der Waals surface area contributed by atoms with E-state index in [1.165, 1.54) is 24.3 Å². The van der Waals surface area contributed by atoms with Crippen molar-refractivity contribution in [2.75, 3.05) is 5.32 Å². The predicted octanol–water partition coefficient (Wildman–Crippen LogP) is 4.81. The first kappa shape index (κ1) is 15.1. The molecule has 0 aliphatic rings. The summed E-state index contributed by atoms with van der Waals surface area (Å²) in [6, 6.07) is 6.16. The number of carbonyl (C=O) groups is 1. The molecule has 1 N–H and O–H groups in total. The van der Waals surface area contributed by atoms with Gasteiger partial charge in [-0.15, -0.1) is 12.6 Å². The Kier molecular flexibility index (Phi) is 4.52. The minimum Gasteiger partial charge on any atom is -0.322 e. The molecule has 0 spiro atoms. The molecule has 0 bridgehead atoms. The Bertz CT molecular complexity index is 671. The van der Waals surface area contributed by atoms with Gasteiger partial charge in [0.15, 0.2) is 5.82 Å². The molecule has 20 heavy (non-hydrogen) atoms. The summed E-state index contributed by atoms with van der Waals surface area (Å²) < 4.78 is 26.3. The van der Waals surface area contributed by atoms with E-state index in [4.69, 9.17) is 23.2 Å². The van der Waals surface area contributed by atoms with Crippen molar-refractivity contribution in [1.29, 1.82) is 0 Å². The molecule has 0 radical (unpaired) electrons. The Morgan fingerprint density at radius 3 is 2.25 bits per heavy atom. The van der Waals surface area contributed by atoms with E-state index in [1.807, 2.05) is 0 Å².